The lowest BCUT2D eigenvalue weighted by atomic mass is 9.99. The number of methoxy groups -OCH3 is 1. The van der Waals surface area contributed by atoms with Crippen molar-refractivity contribution >= 4 is 12.0 Å². The molecule has 0 spiro atoms. The number of carbonyl (C=O) groups excluding carboxylic acids is 2. The van der Waals surface area contributed by atoms with Gasteiger partial charge in [-0.25, -0.2) is 9.59 Å². The zero-order valence-corrected chi connectivity index (χ0v) is 11.3. The van der Waals surface area contributed by atoms with Crippen molar-refractivity contribution in [3.8, 4) is 0 Å². The molecule has 1 aliphatic rings. The van der Waals surface area contributed by atoms with Crippen LogP contribution in [0.3, 0.4) is 0 Å². The third-order valence-electron chi connectivity index (χ3n) is 3.25. The predicted molar refractivity (Wildman–Crippen MR) is 66.2 cm³/mol. The van der Waals surface area contributed by atoms with Crippen LogP contribution >= 0.6 is 0 Å². The first kappa shape index (κ1) is 14.8. The van der Waals surface area contributed by atoms with E-state index >= 15 is 0 Å². The van der Waals surface area contributed by atoms with Crippen LogP contribution < -0.4 is 5.32 Å². The summed E-state index contributed by atoms with van der Waals surface area (Å²) in [4.78, 5) is 25.3. The van der Waals surface area contributed by atoms with Gasteiger partial charge in [-0.3, -0.25) is 0 Å². The van der Waals surface area contributed by atoms with Gasteiger partial charge in [0.25, 0.3) is 0 Å². The number of nitrogens with zero attached hydrogens (tertiary/aromatic N) is 1. The van der Waals surface area contributed by atoms with Crippen LogP contribution in [0.1, 0.15) is 20.3 Å². The molecule has 0 bridgehead atoms. The molecule has 6 nitrogen and oxygen atoms in total. The second-order valence-corrected chi connectivity index (χ2v) is 4.44. The van der Waals surface area contributed by atoms with Crippen LogP contribution in [0.5, 0.6) is 0 Å². The third kappa shape index (κ3) is 3.87. The zero-order valence-electron chi connectivity index (χ0n) is 11.3. The predicted octanol–water partition coefficient (Wildman–Crippen LogP) is 0.616. The largest absolute Gasteiger partial charge is 0.467 e. The van der Waals surface area contributed by atoms with Gasteiger partial charge in [-0.2, -0.15) is 0 Å². The van der Waals surface area contributed by atoms with Crippen LogP contribution in [0.4, 0.5) is 4.79 Å². The molecule has 0 aromatic rings. The number of amides is 2. The summed E-state index contributed by atoms with van der Waals surface area (Å²) in [7, 11) is 1.33. The molecular formula is C12H22N2O4. The van der Waals surface area contributed by atoms with Crippen LogP contribution in [0, 0.1) is 5.92 Å². The van der Waals surface area contributed by atoms with Crippen LogP contribution in [-0.4, -0.2) is 56.4 Å². The Labute approximate surface area is 108 Å². The molecule has 1 rings (SSSR count). The van der Waals surface area contributed by atoms with Gasteiger partial charge in [0.15, 0.2) is 0 Å². The fraction of sp³-hybridized carbons (Fsp3) is 0.833. The van der Waals surface area contributed by atoms with Crippen molar-refractivity contribution in [3.63, 3.8) is 0 Å². The highest BCUT2D eigenvalue weighted by Gasteiger charge is 2.28. The van der Waals surface area contributed by atoms with Crippen molar-refractivity contribution in [3.05, 3.63) is 0 Å². The summed E-state index contributed by atoms with van der Waals surface area (Å²) in [5.41, 5.74) is 0. The van der Waals surface area contributed by atoms with Crippen molar-refractivity contribution in [1.29, 1.82) is 0 Å². The molecule has 1 heterocycles. The van der Waals surface area contributed by atoms with Crippen LogP contribution in [0.25, 0.3) is 0 Å². The number of urea groups is 1. The lowest BCUT2D eigenvalue weighted by Gasteiger charge is -2.30. The minimum Gasteiger partial charge on any atom is -0.467 e. The quantitative estimate of drug-likeness (QED) is 0.750. The Morgan fingerprint density at radius 1 is 1.39 bits per heavy atom. The Balaban J connectivity index is 2.58. The van der Waals surface area contributed by atoms with E-state index in [9.17, 15) is 9.59 Å². The van der Waals surface area contributed by atoms with Gasteiger partial charge >= 0.3 is 12.0 Å². The van der Waals surface area contributed by atoms with Crippen molar-refractivity contribution < 1.29 is 19.1 Å². The zero-order chi connectivity index (χ0) is 13.5. The maximum atomic E-state index is 12.0. The van der Waals surface area contributed by atoms with E-state index in [0.717, 1.165) is 6.42 Å². The second-order valence-electron chi connectivity index (χ2n) is 4.44. The first-order valence-electron chi connectivity index (χ1n) is 6.31. The van der Waals surface area contributed by atoms with Crippen molar-refractivity contribution in [2.24, 2.45) is 5.92 Å². The lowest BCUT2D eigenvalue weighted by Crippen LogP contribution is -2.53. The Morgan fingerprint density at radius 3 is 2.50 bits per heavy atom. The molecule has 6 heteroatoms. The molecule has 0 aromatic heterocycles. The van der Waals surface area contributed by atoms with E-state index in [1.807, 2.05) is 13.8 Å². The normalized spacial score (nSPS) is 18.9. The fourth-order valence-electron chi connectivity index (χ4n) is 1.79. The number of carbonyl (C=O) groups is 2. The lowest BCUT2D eigenvalue weighted by molar-refractivity contribution is -0.144. The number of rotatable bonds is 4. The van der Waals surface area contributed by atoms with E-state index in [4.69, 9.17) is 9.47 Å². The number of ether oxygens (including phenoxy) is 2. The van der Waals surface area contributed by atoms with E-state index in [2.05, 4.69) is 5.32 Å². The summed E-state index contributed by atoms with van der Waals surface area (Å²) in [6.45, 7) is 6.09. The molecule has 104 valence electrons. The van der Waals surface area contributed by atoms with Crippen LogP contribution in [0.2, 0.25) is 0 Å². The van der Waals surface area contributed by atoms with Gasteiger partial charge in [0, 0.05) is 13.1 Å². The molecule has 1 aliphatic heterocycles. The summed E-state index contributed by atoms with van der Waals surface area (Å²) >= 11 is 0. The highest BCUT2D eigenvalue weighted by atomic mass is 16.5. The number of hydrogen-bond donors (Lipinski definition) is 1. The highest BCUT2D eigenvalue weighted by molar-refractivity contribution is 5.83. The number of hydrogen-bond acceptors (Lipinski definition) is 4. The first-order valence-corrected chi connectivity index (χ1v) is 6.31. The smallest absolute Gasteiger partial charge is 0.328 e. The first-order chi connectivity index (χ1) is 8.60. The summed E-state index contributed by atoms with van der Waals surface area (Å²) in [5.74, 6) is -0.353. The van der Waals surface area contributed by atoms with Gasteiger partial charge in [0.2, 0.25) is 0 Å². The SMILES string of the molecule is CC[C@@H](C)[C@H](NC(=O)N1CCOCC1)C(=O)OC. The van der Waals surface area contributed by atoms with Gasteiger partial charge in [-0.1, -0.05) is 20.3 Å². The summed E-state index contributed by atoms with van der Waals surface area (Å²) < 4.78 is 9.91. The molecule has 2 amide bonds. The maximum absolute atomic E-state index is 12.0. The summed E-state index contributed by atoms with van der Waals surface area (Å²) in [6.07, 6.45) is 0.795. The second kappa shape index (κ2) is 7.20. The molecule has 0 saturated carbocycles. The van der Waals surface area contributed by atoms with Crippen molar-refractivity contribution in [1.82, 2.24) is 10.2 Å². The fourth-order valence-corrected chi connectivity index (χ4v) is 1.79. The Morgan fingerprint density at radius 2 is 2.00 bits per heavy atom. The van der Waals surface area contributed by atoms with E-state index in [-0.39, 0.29) is 11.9 Å². The van der Waals surface area contributed by atoms with Gasteiger partial charge in [0.1, 0.15) is 6.04 Å². The molecule has 1 fully saturated rings. The molecule has 2 atom stereocenters. The average molecular weight is 258 g/mol. The number of nitrogens with one attached hydrogen (secondary N) is 1. The van der Waals surface area contributed by atoms with E-state index in [1.54, 1.807) is 4.90 Å². The Bertz CT molecular complexity index is 290. The van der Waals surface area contributed by atoms with E-state index in [1.165, 1.54) is 7.11 Å². The van der Waals surface area contributed by atoms with Crippen LogP contribution in [-0.2, 0) is 14.3 Å². The number of esters is 1. The molecule has 0 aliphatic carbocycles. The van der Waals surface area contributed by atoms with E-state index in [0.29, 0.717) is 26.3 Å². The standard InChI is InChI=1S/C12H22N2O4/c1-4-9(2)10(11(15)17-3)13-12(16)14-5-7-18-8-6-14/h9-10H,4-8H2,1-3H3,(H,13,16)/t9-,10+/m1/s1. The Hall–Kier alpha value is -1.30. The maximum Gasteiger partial charge on any atom is 0.328 e. The van der Waals surface area contributed by atoms with Gasteiger partial charge in [0.05, 0.1) is 20.3 Å². The minimum atomic E-state index is -0.588. The molecule has 18 heavy (non-hydrogen) atoms. The summed E-state index contributed by atoms with van der Waals surface area (Å²) in [5, 5.41) is 2.74. The monoisotopic (exact) mass is 258 g/mol. The number of morpholine rings is 1. The molecule has 1 saturated heterocycles. The molecular weight excluding hydrogens is 236 g/mol. The van der Waals surface area contributed by atoms with Gasteiger partial charge in [-0.15, -0.1) is 0 Å². The Kier molecular flexibility index (Phi) is 5.91. The molecule has 0 unspecified atom stereocenters. The third-order valence-corrected chi connectivity index (χ3v) is 3.25. The van der Waals surface area contributed by atoms with Gasteiger partial charge < -0.3 is 19.7 Å². The highest BCUT2D eigenvalue weighted by Crippen LogP contribution is 2.10. The van der Waals surface area contributed by atoms with E-state index < -0.39 is 12.0 Å². The van der Waals surface area contributed by atoms with Crippen molar-refractivity contribution in [2.75, 3.05) is 33.4 Å². The van der Waals surface area contributed by atoms with Crippen molar-refractivity contribution in [2.45, 2.75) is 26.3 Å². The molecule has 0 radical (unpaired) electrons. The molecule has 1 N–H and O–H groups in total. The summed E-state index contributed by atoms with van der Waals surface area (Å²) in [6, 6.07) is -0.815. The molecule has 0 aromatic carbocycles. The topological polar surface area (TPSA) is 67.9 Å². The van der Waals surface area contributed by atoms with Crippen LogP contribution in [0.15, 0.2) is 0 Å². The minimum absolute atomic E-state index is 0.0439. The van der Waals surface area contributed by atoms with Gasteiger partial charge in [-0.05, 0) is 5.92 Å². The average Bonchev–Trinajstić information content (AvgIpc) is 2.43.